The fraction of sp³-hybridized carbons (Fsp3) is 0.636. The average Bonchev–Trinajstić information content (AvgIpc) is 2.66. The van der Waals surface area contributed by atoms with E-state index >= 15 is 0 Å². The van der Waals surface area contributed by atoms with Crippen molar-refractivity contribution in [1.29, 1.82) is 5.26 Å². The van der Waals surface area contributed by atoms with Crippen molar-refractivity contribution in [3.8, 4) is 6.07 Å². The van der Waals surface area contributed by atoms with E-state index in [1.54, 1.807) is 0 Å². The van der Waals surface area contributed by atoms with Gasteiger partial charge in [-0.05, 0) is 37.2 Å². The minimum absolute atomic E-state index is 0.233. The van der Waals surface area contributed by atoms with Crippen molar-refractivity contribution in [2.75, 3.05) is 7.11 Å². The smallest absolute Gasteiger partial charge is 0.348 e. The van der Waals surface area contributed by atoms with Gasteiger partial charge in [-0.25, -0.2) is 4.79 Å². The van der Waals surface area contributed by atoms with Crippen molar-refractivity contribution in [2.24, 2.45) is 5.92 Å². The van der Waals surface area contributed by atoms with Gasteiger partial charge >= 0.3 is 5.97 Å². The van der Waals surface area contributed by atoms with Crippen molar-refractivity contribution in [1.82, 2.24) is 0 Å². The zero-order valence-electron chi connectivity index (χ0n) is 8.67. The number of nitrogens with zero attached hydrogens (tertiary/aromatic N) is 1. The molecule has 0 aromatic carbocycles. The third-order valence-corrected chi connectivity index (χ3v) is 2.81. The number of carbonyl (C=O) groups excluding carboxylic acids is 1. The number of esters is 1. The summed E-state index contributed by atoms with van der Waals surface area (Å²) >= 11 is 0. The van der Waals surface area contributed by atoms with E-state index in [1.165, 1.54) is 7.11 Å². The molecule has 3 heteroatoms. The van der Waals surface area contributed by atoms with Gasteiger partial charge in [0, 0.05) is 0 Å². The molecule has 0 aromatic rings. The van der Waals surface area contributed by atoms with E-state index in [0.717, 1.165) is 31.3 Å². The van der Waals surface area contributed by atoms with E-state index in [1.807, 2.05) is 6.07 Å². The molecular weight excluding hydrogens is 178 g/mol. The molecule has 0 N–H and O–H groups in total. The Morgan fingerprint density at radius 3 is 2.93 bits per heavy atom. The molecule has 0 saturated heterocycles. The van der Waals surface area contributed by atoms with Gasteiger partial charge in [-0.3, -0.25) is 0 Å². The Bertz CT molecular complexity index is 299. The van der Waals surface area contributed by atoms with Crippen molar-refractivity contribution in [3.63, 3.8) is 0 Å². The van der Waals surface area contributed by atoms with Crippen LogP contribution in [0, 0.1) is 17.2 Å². The summed E-state index contributed by atoms with van der Waals surface area (Å²) in [5.74, 6) is -0.0772. The summed E-state index contributed by atoms with van der Waals surface area (Å²) in [4.78, 5) is 11.3. The summed E-state index contributed by atoms with van der Waals surface area (Å²) in [7, 11) is 1.32. The van der Waals surface area contributed by atoms with Gasteiger partial charge in [0.25, 0.3) is 0 Å². The average molecular weight is 193 g/mol. The third kappa shape index (κ3) is 1.95. The highest BCUT2D eigenvalue weighted by Gasteiger charge is 2.26. The Balaban J connectivity index is 2.99. The monoisotopic (exact) mass is 193 g/mol. The molecule has 0 spiro atoms. The lowest BCUT2D eigenvalue weighted by Gasteiger charge is -2.09. The maximum Gasteiger partial charge on any atom is 0.348 e. The van der Waals surface area contributed by atoms with Crippen LogP contribution in [0.15, 0.2) is 11.1 Å². The molecular formula is C11H15NO2. The SMILES string of the molecule is CCC1CCC/C1=C(\C#N)C(=O)OC. The predicted molar refractivity (Wildman–Crippen MR) is 52.3 cm³/mol. The standard InChI is InChI=1S/C11H15NO2/c1-3-8-5-4-6-9(8)10(7-12)11(13)14-2/h8H,3-6H2,1-2H3/b10-9-. The van der Waals surface area contributed by atoms with Crippen LogP contribution in [0.25, 0.3) is 0 Å². The van der Waals surface area contributed by atoms with Gasteiger partial charge in [-0.2, -0.15) is 5.26 Å². The van der Waals surface area contributed by atoms with Crippen LogP contribution in [-0.2, 0) is 9.53 Å². The predicted octanol–water partition coefficient (Wildman–Crippen LogP) is 2.19. The van der Waals surface area contributed by atoms with Crippen LogP contribution in [0.1, 0.15) is 32.6 Å². The molecule has 1 unspecified atom stereocenters. The summed E-state index contributed by atoms with van der Waals surface area (Å²) < 4.78 is 4.59. The quantitative estimate of drug-likeness (QED) is 0.383. The van der Waals surface area contributed by atoms with E-state index in [2.05, 4.69) is 11.7 Å². The van der Waals surface area contributed by atoms with Gasteiger partial charge in [0.1, 0.15) is 11.6 Å². The van der Waals surface area contributed by atoms with Crippen LogP contribution in [0.5, 0.6) is 0 Å². The minimum atomic E-state index is -0.483. The molecule has 0 aromatic heterocycles. The van der Waals surface area contributed by atoms with Gasteiger partial charge in [0.05, 0.1) is 7.11 Å². The van der Waals surface area contributed by atoms with E-state index in [4.69, 9.17) is 5.26 Å². The minimum Gasteiger partial charge on any atom is -0.465 e. The molecule has 3 nitrogen and oxygen atoms in total. The molecule has 1 aliphatic rings. The lowest BCUT2D eigenvalue weighted by Crippen LogP contribution is -2.08. The lowest BCUT2D eigenvalue weighted by atomic mass is 9.95. The van der Waals surface area contributed by atoms with Crippen molar-refractivity contribution < 1.29 is 9.53 Å². The topological polar surface area (TPSA) is 50.1 Å². The molecule has 76 valence electrons. The Kier molecular flexibility index (Phi) is 3.70. The number of methoxy groups -OCH3 is 1. The molecule has 0 heterocycles. The second kappa shape index (κ2) is 4.80. The fourth-order valence-corrected chi connectivity index (χ4v) is 2.05. The van der Waals surface area contributed by atoms with Crippen LogP contribution >= 0.6 is 0 Å². The number of hydrogen-bond donors (Lipinski definition) is 0. The maximum atomic E-state index is 11.3. The third-order valence-electron chi connectivity index (χ3n) is 2.81. The van der Waals surface area contributed by atoms with E-state index in [9.17, 15) is 4.79 Å². The van der Waals surface area contributed by atoms with Crippen LogP contribution in [0.3, 0.4) is 0 Å². The Hall–Kier alpha value is -1.30. The van der Waals surface area contributed by atoms with Gasteiger partial charge in [0.15, 0.2) is 0 Å². The van der Waals surface area contributed by atoms with E-state index < -0.39 is 5.97 Å². The Labute approximate surface area is 84.4 Å². The first-order valence-electron chi connectivity index (χ1n) is 4.96. The number of hydrogen-bond acceptors (Lipinski definition) is 3. The maximum absolute atomic E-state index is 11.3. The Morgan fingerprint density at radius 1 is 1.71 bits per heavy atom. The lowest BCUT2D eigenvalue weighted by molar-refractivity contribution is -0.135. The second-order valence-corrected chi connectivity index (χ2v) is 3.50. The number of allylic oxidation sites excluding steroid dienone is 1. The van der Waals surface area contributed by atoms with E-state index in [0.29, 0.717) is 5.92 Å². The van der Waals surface area contributed by atoms with Gasteiger partial charge < -0.3 is 4.74 Å². The van der Waals surface area contributed by atoms with E-state index in [-0.39, 0.29) is 5.57 Å². The van der Waals surface area contributed by atoms with Gasteiger partial charge in [-0.15, -0.1) is 0 Å². The summed E-state index contributed by atoms with van der Waals surface area (Å²) in [5.41, 5.74) is 1.23. The highest BCUT2D eigenvalue weighted by Crippen LogP contribution is 2.35. The molecule has 0 aliphatic heterocycles. The molecule has 0 amide bonds. The van der Waals surface area contributed by atoms with Crippen LogP contribution < -0.4 is 0 Å². The number of ether oxygens (including phenoxy) is 1. The molecule has 1 aliphatic carbocycles. The normalized spacial score (nSPS) is 24.2. The summed E-state index contributed by atoms with van der Waals surface area (Å²) in [6.07, 6.45) is 4.04. The van der Waals surface area contributed by atoms with Crippen LogP contribution in [-0.4, -0.2) is 13.1 Å². The van der Waals surface area contributed by atoms with Crippen LogP contribution in [0.2, 0.25) is 0 Å². The first-order valence-corrected chi connectivity index (χ1v) is 4.96. The van der Waals surface area contributed by atoms with Crippen molar-refractivity contribution in [2.45, 2.75) is 32.6 Å². The Morgan fingerprint density at radius 2 is 2.43 bits per heavy atom. The van der Waals surface area contributed by atoms with Crippen LogP contribution in [0.4, 0.5) is 0 Å². The van der Waals surface area contributed by atoms with Crippen molar-refractivity contribution >= 4 is 5.97 Å². The second-order valence-electron chi connectivity index (χ2n) is 3.50. The molecule has 0 bridgehead atoms. The van der Waals surface area contributed by atoms with Gasteiger partial charge in [0.2, 0.25) is 0 Å². The molecule has 1 fully saturated rings. The first kappa shape index (κ1) is 10.8. The zero-order valence-corrected chi connectivity index (χ0v) is 8.67. The summed E-state index contributed by atoms with van der Waals surface area (Å²) in [6.45, 7) is 2.09. The first-order chi connectivity index (χ1) is 6.74. The molecule has 1 saturated carbocycles. The number of rotatable bonds is 2. The fourth-order valence-electron chi connectivity index (χ4n) is 2.05. The number of carbonyl (C=O) groups is 1. The summed E-state index contributed by atoms with van der Waals surface area (Å²) in [6, 6.07) is 1.96. The highest BCUT2D eigenvalue weighted by atomic mass is 16.5. The molecule has 1 atom stereocenters. The highest BCUT2D eigenvalue weighted by molar-refractivity contribution is 5.93. The van der Waals surface area contributed by atoms with Gasteiger partial charge in [-0.1, -0.05) is 6.92 Å². The molecule has 1 rings (SSSR count). The largest absolute Gasteiger partial charge is 0.465 e. The number of nitriles is 1. The van der Waals surface area contributed by atoms with Crippen molar-refractivity contribution in [3.05, 3.63) is 11.1 Å². The molecule has 14 heavy (non-hydrogen) atoms. The zero-order chi connectivity index (χ0) is 10.6. The summed E-state index contributed by atoms with van der Waals surface area (Å²) in [5, 5.41) is 8.89. The molecule has 0 radical (unpaired) electrons.